The largest absolute Gasteiger partial charge is 0.508 e. The van der Waals surface area contributed by atoms with Crippen molar-refractivity contribution in [3.8, 4) is 5.75 Å². The Labute approximate surface area is 213 Å². The van der Waals surface area contributed by atoms with Gasteiger partial charge >= 0.3 is 0 Å². The maximum atomic E-state index is 9.86. The topological polar surface area (TPSA) is 20.2 Å². The van der Waals surface area contributed by atoms with Crippen LogP contribution in [0.5, 0.6) is 5.75 Å². The van der Waals surface area contributed by atoms with Crippen molar-refractivity contribution in [2.45, 2.75) is 6.16 Å². The van der Waals surface area contributed by atoms with E-state index in [1.165, 1.54) is 21.5 Å². The number of hydrogen-bond donors (Lipinski definition) is 1. The predicted octanol–water partition coefficient (Wildman–Crippen LogP) is 7.39. The molecule has 4 aromatic carbocycles. The number of hydrogen-bond acceptors (Lipinski definition) is 1. The molecule has 0 heterocycles. The Kier molecular flexibility index (Phi) is 8.45. The minimum atomic E-state index is -2.07. The van der Waals surface area contributed by atoms with Crippen LogP contribution in [0.4, 0.5) is 0 Å². The second-order valence-electron chi connectivity index (χ2n) is 8.02. The molecule has 3 heteroatoms. The van der Waals surface area contributed by atoms with Gasteiger partial charge in [0.15, 0.2) is 0 Å². The van der Waals surface area contributed by atoms with Crippen molar-refractivity contribution in [3.05, 3.63) is 139 Å². The Morgan fingerprint density at radius 1 is 0.529 bits per heavy atom. The van der Waals surface area contributed by atoms with Crippen molar-refractivity contribution in [1.29, 1.82) is 0 Å². The molecule has 1 nitrogen and oxygen atoms in total. The number of halogens is 1. The van der Waals surface area contributed by atoms with Gasteiger partial charge in [-0.25, -0.2) is 0 Å². The predicted molar refractivity (Wildman–Crippen MR) is 158 cm³/mol. The number of rotatable bonds is 8. The average Bonchev–Trinajstić information content (AvgIpc) is 2.89. The van der Waals surface area contributed by atoms with Crippen LogP contribution < -0.4 is 15.9 Å². The summed E-state index contributed by atoms with van der Waals surface area (Å²) in [7, 11) is -2.07. The Bertz CT molecular complexity index is 1130. The lowest BCUT2D eigenvalue weighted by Gasteiger charge is -2.28. The van der Waals surface area contributed by atoms with Gasteiger partial charge in [-0.3, -0.25) is 0 Å². The van der Waals surface area contributed by atoms with Gasteiger partial charge in [0.05, 0.1) is 6.16 Å². The SMILES string of the molecule is Br.C=Cc1ccc([P+](Cc2ccc(O)cc2)(c2ccc(C=C)cc2)c2ccc(C=C)cc2)cc1. The van der Waals surface area contributed by atoms with Crippen LogP contribution >= 0.6 is 24.2 Å². The summed E-state index contributed by atoms with van der Waals surface area (Å²) in [5.74, 6) is 0.281. The van der Waals surface area contributed by atoms with E-state index >= 15 is 0 Å². The van der Waals surface area contributed by atoms with Gasteiger partial charge in [0.2, 0.25) is 0 Å². The zero-order valence-corrected chi connectivity index (χ0v) is 21.7. The first-order valence-electron chi connectivity index (χ1n) is 10.9. The summed E-state index contributed by atoms with van der Waals surface area (Å²) in [5, 5.41) is 13.8. The minimum absolute atomic E-state index is 0. The van der Waals surface area contributed by atoms with E-state index in [1.54, 1.807) is 12.1 Å². The van der Waals surface area contributed by atoms with E-state index in [1.807, 2.05) is 30.4 Å². The van der Waals surface area contributed by atoms with E-state index in [2.05, 4.69) is 92.5 Å². The second kappa shape index (κ2) is 11.3. The van der Waals surface area contributed by atoms with Crippen LogP contribution in [0.25, 0.3) is 18.2 Å². The molecule has 0 fully saturated rings. The fourth-order valence-electron chi connectivity index (χ4n) is 4.19. The van der Waals surface area contributed by atoms with Crippen LogP contribution in [-0.4, -0.2) is 5.11 Å². The van der Waals surface area contributed by atoms with E-state index in [-0.39, 0.29) is 22.7 Å². The van der Waals surface area contributed by atoms with Gasteiger partial charge in [-0.2, -0.15) is 0 Å². The van der Waals surface area contributed by atoms with Crippen molar-refractivity contribution in [2.24, 2.45) is 0 Å². The van der Waals surface area contributed by atoms with Crippen LogP contribution in [0, 0.1) is 0 Å². The third-order valence-corrected chi connectivity index (χ3v) is 10.4. The van der Waals surface area contributed by atoms with Crippen LogP contribution in [-0.2, 0) is 6.16 Å². The highest BCUT2D eigenvalue weighted by atomic mass is 79.9. The Morgan fingerprint density at radius 3 is 1.15 bits per heavy atom. The molecule has 0 saturated carbocycles. The number of phenols is 1. The Morgan fingerprint density at radius 2 is 0.853 bits per heavy atom. The molecule has 0 bridgehead atoms. The van der Waals surface area contributed by atoms with Gasteiger partial charge in [-0.1, -0.05) is 86.5 Å². The smallest absolute Gasteiger partial charge is 0.116 e. The lowest BCUT2D eigenvalue weighted by Crippen LogP contribution is -2.32. The van der Waals surface area contributed by atoms with E-state index in [9.17, 15) is 5.11 Å². The molecule has 4 aromatic rings. The Balaban J connectivity index is 0.00000324. The molecule has 0 atom stereocenters. The van der Waals surface area contributed by atoms with Gasteiger partial charge in [0, 0.05) is 0 Å². The first-order chi connectivity index (χ1) is 16.1. The molecule has 0 radical (unpaired) electrons. The lowest BCUT2D eigenvalue weighted by molar-refractivity contribution is 0.475. The fourth-order valence-corrected chi connectivity index (χ4v) is 8.37. The second-order valence-corrected chi connectivity index (χ2v) is 11.5. The molecule has 0 aromatic heterocycles. The molecule has 170 valence electrons. The van der Waals surface area contributed by atoms with Gasteiger partial charge in [0.25, 0.3) is 0 Å². The molecule has 0 spiro atoms. The highest BCUT2D eigenvalue weighted by Crippen LogP contribution is 2.58. The van der Waals surface area contributed by atoms with Gasteiger partial charge in [0.1, 0.15) is 28.9 Å². The summed E-state index contributed by atoms with van der Waals surface area (Å²) >= 11 is 0. The Hall–Kier alpha value is -3.19. The summed E-state index contributed by atoms with van der Waals surface area (Å²) in [6.45, 7) is 11.8. The molecule has 0 saturated heterocycles. The maximum absolute atomic E-state index is 9.86. The van der Waals surface area contributed by atoms with Crippen LogP contribution in [0.2, 0.25) is 0 Å². The van der Waals surface area contributed by atoms with Gasteiger partial charge < -0.3 is 5.11 Å². The van der Waals surface area contributed by atoms with Crippen molar-refractivity contribution >= 4 is 58.4 Å². The maximum Gasteiger partial charge on any atom is 0.116 e. The van der Waals surface area contributed by atoms with E-state index in [0.29, 0.717) is 0 Å². The third kappa shape index (κ3) is 5.14. The summed E-state index contributed by atoms with van der Waals surface area (Å²) in [5.41, 5.74) is 4.50. The summed E-state index contributed by atoms with van der Waals surface area (Å²) < 4.78 is 0. The molecule has 0 aliphatic heterocycles. The summed E-state index contributed by atoms with van der Waals surface area (Å²) in [6, 6.07) is 33.9. The molecule has 1 N–H and O–H groups in total. The zero-order valence-electron chi connectivity index (χ0n) is 19.1. The minimum Gasteiger partial charge on any atom is -0.508 e. The standard InChI is InChI=1S/C31H27OP.BrH/c1-4-24-9-17-29(18-10-24)33(23-27-7-15-28(32)16-8-27,30-19-11-25(5-2)12-20-30)31-21-13-26(6-3)14-22-31;/h4-22H,1-3,23H2;1H/p+1. The quantitative estimate of drug-likeness (QED) is 0.237. The van der Waals surface area contributed by atoms with Crippen LogP contribution in [0.15, 0.2) is 117 Å². The summed E-state index contributed by atoms with van der Waals surface area (Å²) in [6.07, 6.45) is 6.48. The van der Waals surface area contributed by atoms with Crippen LogP contribution in [0.1, 0.15) is 22.3 Å². The number of benzene rings is 4. The van der Waals surface area contributed by atoms with E-state index in [4.69, 9.17) is 0 Å². The number of aromatic hydroxyl groups is 1. The van der Waals surface area contributed by atoms with Crippen molar-refractivity contribution in [2.75, 3.05) is 0 Å². The molecule has 0 unspecified atom stereocenters. The number of phenolic OH excluding ortho intramolecular Hbond substituents is 1. The van der Waals surface area contributed by atoms with E-state index < -0.39 is 7.26 Å². The average molecular weight is 528 g/mol. The molecular weight excluding hydrogens is 499 g/mol. The van der Waals surface area contributed by atoms with Crippen molar-refractivity contribution in [1.82, 2.24) is 0 Å². The molecule has 0 amide bonds. The molecular formula is C31H29BrOP+. The highest BCUT2D eigenvalue weighted by molar-refractivity contribution is 8.93. The third-order valence-electron chi connectivity index (χ3n) is 6.06. The first kappa shape index (κ1) is 25.4. The first-order valence-corrected chi connectivity index (χ1v) is 12.9. The van der Waals surface area contributed by atoms with Gasteiger partial charge in [-0.15, -0.1) is 17.0 Å². The zero-order chi connectivity index (χ0) is 23.3. The normalized spacial score (nSPS) is 10.7. The van der Waals surface area contributed by atoms with E-state index in [0.717, 1.165) is 22.9 Å². The molecule has 4 rings (SSSR count). The van der Waals surface area contributed by atoms with Crippen LogP contribution in [0.3, 0.4) is 0 Å². The highest BCUT2D eigenvalue weighted by Gasteiger charge is 2.45. The summed E-state index contributed by atoms with van der Waals surface area (Å²) in [4.78, 5) is 0. The molecule has 34 heavy (non-hydrogen) atoms. The monoisotopic (exact) mass is 527 g/mol. The van der Waals surface area contributed by atoms with Crippen molar-refractivity contribution < 1.29 is 5.11 Å². The molecule has 0 aliphatic carbocycles. The van der Waals surface area contributed by atoms with Crippen molar-refractivity contribution in [3.63, 3.8) is 0 Å². The lowest BCUT2D eigenvalue weighted by atomic mass is 10.2. The fraction of sp³-hybridized carbons (Fsp3) is 0.0323. The molecule has 0 aliphatic rings. The van der Waals surface area contributed by atoms with Gasteiger partial charge in [-0.05, 0) is 70.8 Å².